The second-order valence-corrected chi connectivity index (χ2v) is 9.33. The summed E-state index contributed by atoms with van der Waals surface area (Å²) in [5, 5.41) is 2.94. The van der Waals surface area contributed by atoms with Crippen molar-refractivity contribution >= 4 is 31.9 Å². The molecule has 0 spiro atoms. The Bertz CT molecular complexity index is 640. The predicted molar refractivity (Wildman–Crippen MR) is 99.3 cm³/mol. The molecule has 1 unspecified atom stereocenters. The van der Waals surface area contributed by atoms with Crippen LogP contribution >= 0.6 is 15.9 Å². The minimum atomic E-state index is -3.19. The molecule has 1 atom stereocenters. The number of nitrogens with one attached hydrogen (secondary N) is 1. The van der Waals surface area contributed by atoms with Crippen LogP contribution in [0.25, 0.3) is 0 Å². The summed E-state index contributed by atoms with van der Waals surface area (Å²) in [7, 11) is -3.19. The van der Waals surface area contributed by atoms with Crippen LogP contribution < -0.4 is 5.32 Å². The number of carbonyl (C=O) groups is 1. The summed E-state index contributed by atoms with van der Waals surface area (Å²) in [6.07, 6.45) is 3.25. The average molecular weight is 417 g/mol. The van der Waals surface area contributed by atoms with Crippen molar-refractivity contribution in [2.45, 2.75) is 45.1 Å². The van der Waals surface area contributed by atoms with Gasteiger partial charge in [0, 0.05) is 30.0 Å². The van der Waals surface area contributed by atoms with E-state index in [-0.39, 0.29) is 24.1 Å². The van der Waals surface area contributed by atoms with Crippen molar-refractivity contribution in [3.63, 3.8) is 0 Å². The fourth-order valence-corrected chi connectivity index (χ4v) is 4.73. The second kappa shape index (κ2) is 8.97. The van der Waals surface area contributed by atoms with Crippen molar-refractivity contribution in [3.05, 3.63) is 34.3 Å². The zero-order chi connectivity index (χ0) is 17.6. The standard InChI is InChI=1S/C17H25BrN2O3S/c1-14(13-15-6-8-16(18)9-7-15)19-17(21)5-4-12-24(22,23)20-10-2-3-11-20/h6-9,14H,2-5,10-13H2,1H3,(H,19,21). The topological polar surface area (TPSA) is 66.5 Å². The summed E-state index contributed by atoms with van der Waals surface area (Å²) in [5.41, 5.74) is 1.16. The van der Waals surface area contributed by atoms with Crippen molar-refractivity contribution in [3.8, 4) is 0 Å². The number of benzene rings is 1. The smallest absolute Gasteiger partial charge is 0.220 e. The number of hydrogen-bond acceptors (Lipinski definition) is 3. The van der Waals surface area contributed by atoms with Crippen LogP contribution in [0.2, 0.25) is 0 Å². The van der Waals surface area contributed by atoms with Gasteiger partial charge in [0.15, 0.2) is 0 Å². The first kappa shape index (κ1) is 19.4. The molecule has 0 radical (unpaired) electrons. The molecule has 7 heteroatoms. The number of nitrogens with zero attached hydrogens (tertiary/aromatic N) is 1. The molecule has 1 amide bonds. The maximum Gasteiger partial charge on any atom is 0.220 e. The van der Waals surface area contributed by atoms with Gasteiger partial charge in [0.05, 0.1) is 5.75 Å². The highest BCUT2D eigenvalue weighted by atomic mass is 79.9. The molecule has 0 aromatic heterocycles. The highest BCUT2D eigenvalue weighted by Crippen LogP contribution is 2.14. The van der Waals surface area contributed by atoms with Crippen LogP contribution in [-0.2, 0) is 21.2 Å². The molecule has 1 aromatic rings. The highest BCUT2D eigenvalue weighted by Gasteiger charge is 2.24. The van der Waals surface area contributed by atoms with Gasteiger partial charge in [0.2, 0.25) is 15.9 Å². The van der Waals surface area contributed by atoms with Crippen molar-refractivity contribution in [2.24, 2.45) is 0 Å². The van der Waals surface area contributed by atoms with Gasteiger partial charge in [0.25, 0.3) is 0 Å². The van der Waals surface area contributed by atoms with E-state index in [0.29, 0.717) is 19.5 Å². The van der Waals surface area contributed by atoms with E-state index in [1.54, 1.807) is 4.31 Å². The van der Waals surface area contributed by atoms with E-state index in [4.69, 9.17) is 0 Å². The van der Waals surface area contributed by atoms with Gasteiger partial charge in [-0.25, -0.2) is 12.7 Å². The Morgan fingerprint density at radius 2 is 1.88 bits per heavy atom. The first-order valence-electron chi connectivity index (χ1n) is 8.38. The number of sulfonamides is 1. The summed E-state index contributed by atoms with van der Waals surface area (Å²) in [5.74, 6) is -0.0298. The second-order valence-electron chi connectivity index (χ2n) is 6.32. The van der Waals surface area contributed by atoms with E-state index < -0.39 is 10.0 Å². The first-order valence-corrected chi connectivity index (χ1v) is 10.8. The molecule has 0 bridgehead atoms. The van der Waals surface area contributed by atoms with E-state index in [1.807, 2.05) is 31.2 Å². The summed E-state index contributed by atoms with van der Waals surface area (Å²) in [6, 6.07) is 8.03. The predicted octanol–water partition coefficient (Wildman–Crippen LogP) is 2.70. The molecule has 1 fully saturated rings. The van der Waals surface area contributed by atoms with Crippen LogP contribution in [-0.4, -0.2) is 43.5 Å². The van der Waals surface area contributed by atoms with E-state index in [0.717, 1.165) is 29.3 Å². The fourth-order valence-electron chi connectivity index (χ4n) is 2.88. The molecule has 24 heavy (non-hydrogen) atoms. The summed E-state index contributed by atoms with van der Waals surface area (Å²) in [4.78, 5) is 12.0. The largest absolute Gasteiger partial charge is 0.353 e. The monoisotopic (exact) mass is 416 g/mol. The van der Waals surface area contributed by atoms with Gasteiger partial charge in [-0.15, -0.1) is 0 Å². The van der Waals surface area contributed by atoms with Gasteiger partial charge in [-0.2, -0.15) is 0 Å². The third kappa shape index (κ3) is 6.18. The number of hydrogen-bond donors (Lipinski definition) is 1. The molecule has 1 aromatic carbocycles. The first-order chi connectivity index (χ1) is 11.4. The SMILES string of the molecule is CC(Cc1ccc(Br)cc1)NC(=O)CCCS(=O)(=O)N1CCCC1. The summed E-state index contributed by atoms with van der Waals surface area (Å²) in [6.45, 7) is 3.21. The molecule has 1 heterocycles. The Balaban J connectivity index is 1.69. The molecular weight excluding hydrogens is 392 g/mol. The summed E-state index contributed by atoms with van der Waals surface area (Å²) >= 11 is 3.40. The normalized spacial score (nSPS) is 16.9. The minimum absolute atomic E-state index is 0.0221. The Kier molecular flexibility index (Phi) is 7.25. The number of carbonyl (C=O) groups excluding carboxylic acids is 1. The maximum atomic E-state index is 12.1. The Hall–Kier alpha value is -0.920. The van der Waals surface area contributed by atoms with E-state index >= 15 is 0 Å². The molecule has 2 rings (SSSR count). The molecule has 1 saturated heterocycles. The molecule has 134 valence electrons. The Labute approximate surface area is 153 Å². The third-order valence-electron chi connectivity index (χ3n) is 4.13. The lowest BCUT2D eigenvalue weighted by Gasteiger charge is -2.16. The van der Waals surface area contributed by atoms with E-state index in [1.165, 1.54) is 0 Å². The Morgan fingerprint density at radius 1 is 1.25 bits per heavy atom. The van der Waals surface area contributed by atoms with Crippen LogP contribution in [0, 0.1) is 0 Å². The maximum absolute atomic E-state index is 12.1. The molecule has 1 aliphatic rings. The van der Waals surface area contributed by atoms with Gasteiger partial charge in [0.1, 0.15) is 0 Å². The van der Waals surface area contributed by atoms with Crippen LogP contribution in [0.3, 0.4) is 0 Å². The quantitative estimate of drug-likeness (QED) is 0.708. The van der Waals surface area contributed by atoms with Gasteiger partial charge in [-0.05, 0) is 50.3 Å². The van der Waals surface area contributed by atoms with Gasteiger partial charge < -0.3 is 5.32 Å². The zero-order valence-corrected chi connectivity index (χ0v) is 16.4. The van der Waals surface area contributed by atoms with Crippen molar-refractivity contribution in [1.82, 2.24) is 9.62 Å². The summed E-state index contributed by atoms with van der Waals surface area (Å²) < 4.78 is 26.8. The fraction of sp³-hybridized carbons (Fsp3) is 0.588. The van der Waals surface area contributed by atoms with Crippen molar-refractivity contribution in [1.29, 1.82) is 0 Å². The van der Waals surface area contributed by atoms with Gasteiger partial charge in [-0.3, -0.25) is 4.79 Å². The third-order valence-corrected chi connectivity index (χ3v) is 6.61. The molecule has 1 N–H and O–H groups in total. The number of amides is 1. The van der Waals surface area contributed by atoms with E-state index in [9.17, 15) is 13.2 Å². The number of halogens is 1. The van der Waals surface area contributed by atoms with Gasteiger partial charge in [-0.1, -0.05) is 28.1 Å². The Morgan fingerprint density at radius 3 is 2.50 bits per heavy atom. The lowest BCUT2D eigenvalue weighted by atomic mass is 10.1. The molecular formula is C17H25BrN2O3S. The molecule has 5 nitrogen and oxygen atoms in total. The lowest BCUT2D eigenvalue weighted by molar-refractivity contribution is -0.121. The lowest BCUT2D eigenvalue weighted by Crippen LogP contribution is -2.35. The van der Waals surface area contributed by atoms with Crippen LogP contribution in [0.1, 0.15) is 38.2 Å². The number of rotatable bonds is 8. The molecule has 0 aliphatic carbocycles. The molecule has 1 aliphatic heterocycles. The van der Waals surface area contributed by atoms with Crippen molar-refractivity contribution < 1.29 is 13.2 Å². The van der Waals surface area contributed by atoms with Crippen molar-refractivity contribution in [2.75, 3.05) is 18.8 Å². The van der Waals surface area contributed by atoms with Crippen LogP contribution in [0.4, 0.5) is 0 Å². The van der Waals surface area contributed by atoms with Crippen LogP contribution in [0.15, 0.2) is 28.7 Å². The van der Waals surface area contributed by atoms with Gasteiger partial charge >= 0.3 is 0 Å². The van der Waals surface area contributed by atoms with E-state index in [2.05, 4.69) is 21.2 Å². The molecule has 0 saturated carbocycles. The zero-order valence-electron chi connectivity index (χ0n) is 14.0. The highest BCUT2D eigenvalue weighted by molar-refractivity contribution is 9.10. The average Bonchev–Trinajstić information content (AvgIpc) is 3.04. The van der Waals surface area contributed by atoms with Crippen LogP contribution in [0.5, 0.6) is 0 Å². The minimum Gasteiger partial charge on any atom is -0.353 e.